The SMILES string of the molecule is NC1=NCCNc2sc3ccccc3c21. The fraction of sp³-hybridized carbons (Fsp3) is 0.182. The van der Waals surface area contributed by atoms with Crippen LogP contribution in [0, 0.1) is 0 Å². The summed E-state index contributed by atoms with van der Waals surface area (Å²) in [5.41, 5.74) is 7.05. The Morgan fingerprint density at radius 2 is 2.20 bits per heavy atom. The lowest BCUT2D eigenvalue weighted by molar-refractivity contribution is 1.04. The number of nitrogens with zero attached hydrogens (tertiary/aromatic N) is 1. The molecular weight excluding hydrogens is 206 g/mol. The van der Waals surface area contributed by atoms with E-state index in [1.807, 2.05) is 12.1 Å². The van der Waals surface area contributed by atoms with Gasteiger partial charge in [0.15, 0.2) is 0 Å². The van der Waals surface area contributed by atoms with E-state index in [1.165, 1.54) is 10.1 Å². The van der Waals surface area contributed by atoms with Gasteiger partial charge in [0.05, 0.1) is 12.1 Å². The van der Waals surface area contributed by atoms with Crippen LogP contribution in [0.5, 0.6) is 0 Å². The van der Waals surface area contributed by atoms with Gasteiger partial charge in [-0.2, -0.15) is 0 Å². The average molecular weight is 217 g/mol. The van der Waals surface area contributed by atoms with Gasteiger partial charge < -0.3 is 11.1 Å². The van der Waals surface area contributed by atoms with Crippen LogP contribution in [0.15, 0.2) is 29.3 Å². The molecule has 0 amide bonds. The molecule has 1 aromatic heterocycles. The van der Waals surface area contributed by atoms with Crippen LogP contribution in [0.4, 0.5) is 5.00 Å². The number of hydrogen-bond donors (Lipinski definition) is 2. The predicted molar refractivity (Wildman–Crippen MR) is 65.9 cm³/mol. The Hall–Kier alpha value is -1.55. The molecule has 0 saturated heterocycles. The molecule has 0 spiro atoms. The van der Waals surface area contributed by atoms with Crippen molar-refractivity contribution in [2.45, 2.75) is 0 Å². The van der Waals surface area contributed by atoms with Gasteiger partial charge in [-0.05, 0) is 6.07 Å². The Bertz CT molecular complexity index is 542. The number of nitrogens with two attached hydrogens (primary N) is 1. The van der Waals surface area contributed by atoms with Crippen molar-refractivity contribution in [1.29, 1.82) is 0 Å². The van der Waals surface area contributed by atoms with E-state index in [0.29, 0.717) is 5.84 Å². The highest BCUT2D eigenvalue weighted by Gasteiger charge is 2.16. The molecule has 15 heavy (non-hydrogen) atoms. The summed E-state index contributed by atoms with van der Waals surface area (Å²) in [5, 5.41) is 5.72. The fourth-order valence-electron chi connectivity index (χ4n) is 1.85. The third-order valence-electron chi connectivity index (χ3n) is 2.53. The lowest BCUT2D eigenvalue weighted by Gasteiger charge is -2.00. The molecule has 3 nitrogen and oxygen atoms in total. The first-order chi connectivity index (χ1) is 7.36. The zero-order valence-corrected chi connectivity index (χ0v) is 8.97. The summed E-state index contributed by atoms with van der Waals surface area (Å²) in [5.74, 6) is 0.660. The number of fused-ring (bicyclic) bond motifs is 3. The van der Waals surface area contributed by atoms with E-state index in [1.54, 1.807) is 11.3 Å². The van der Waals surface area contributed by atoms with Crippen LogP contribution in [0.2, 0.25) is 0 Å². The highest BCUT2D eigenvalue weighted by atomic mass is 32.1. The average Bonchev–Trinajstić information content (AvgIpc) is 2.53. The molecule has 0 aliphatic carbocycles. The zero-order valence-electron chi connectivity index (χ0n) is 8.16. The van der Waals surface area contributed by atoms with Crippen molar-refractivity contribution >= 4 is 32.3 Å². The molecule has 0 saturated carbocycles. The highest BCUT2D eigenvalue weighted by molar-refractivity contribution is 7.23. The third kappa shape index (κ3) is 1.29. The molecule has 0 bridgehead atoms. The molecule has 1 aliphatic rings. The summed E-state index contributed by atoms with van der Waals surface area (Å²) < 4.78 is 1.26. The minimum atomic E-state index is 0.660. The van der Waals surface area contributed by atoms with Crippen LogP contribution >= 0.6 is 11.3 Å². The number of hydrogen-bond acceptors (Lipinski definition) is 4. The van der Waals surface area contributed by atoms with E-state index in [4.69, 9.17) is 5.73 Å². The van der Waals surface area contributed by atoms with Gasteiger partial charge in [-0.1, -0.05) is 18.2 Å². The number of rotatable bonds is 0. The fourth-order valence-corrected chi connectivity index (χ4v) is 2.99. The molecule has 3 rings (SSSR count). The van der Waals surface area contributed by atoms with E-state index in [2.05, 4.69) is 22.4 Å². The maximum atomic E-state index is 5.97. The Labute approximate surface area is 91.6 Å². The van der Waals surface area contributed by atoms with Gasteiger partial charge in [-0.15, -0.1) is 11.3 Å². The van der Waals surface area contributed by atoms with Gasteiger partial charge >= 0.3 is 0 Å². The first-order valence-corrected chi connectivity index (χ1v) is 5.73. The van der Waals surface area contributed by atoms with Crippen molar-refractivity contribution < 1.29 is 0 Å². The third-order valence-corrected chi connectivity index (χ3v) is 3.66. The molecule has 4 heteroatoms. The summed E-state index contributed by atoms with van der Waals surface area (Å²) in [4.78, 5) is 4.33. The number of nitrogens with one attached hydrogen (secondary N) is 1. The second-order valence-electron chi connectivity index (χ2n) is 3.50. The monoisotopic (exact) mass is 217 g/mol. The van der Waals surface area contributed by atoms with Crippen molar-refractivity contribution in [3.8, 4) is 0 Å². The van der Waals surface area contributed by atoms with Gasteiger partial charge in [0.1, 0.15) is 10.8 Å². The minimum Gasteiger partial charge on any atom is -0.383 e. The van der Waals surface area contributed by atoms with Gasteiger partial charge in [-0.3, -0.25) is 4.99 Å². The molecule has 3 N–H and O–H groups in total. The second-order valence-corrected chi connectivity index (χ2v) is 4.55. The van der Waals surface area contributed by atoms with E-state index in [9.17, 15) is 0 Å². The summed E-state index contributed by atoms with van der Waals surface area (Å²) in [6, 6.07) is 8.29. The number of benzene rings is 1. The minimum absolute atomic E-state index is 0.660. The predicted octanol–water partition coefficient (Wildman–Crippen LogP) is 2.03. The smallest absolute Gasteiger partial charge is 0.129 e. The van der Waals surface area contributed by atoms with Crippen molar-refractivity contribution in [3.05, 3.63) is 29.8 Å². The molecule has 0 unspecified atom stereocenters. The topological polar surface area (TPSA) is 50.4 Å². The van der Waals surface area contributed by atoms with E-state index >= 15 is 0 Å². The number of thiophene rings is 1. The van der Waals surface area contributed by atoms with Crippen LogP contribution < -0.4 is 11.1 Å². The molecular formula is C11H11N3S. The van der Waals surface area contributed by atoms with Gasteiger partial charge in [0.25, 0.3) is 0 Å². The van der Waals surface area contributed by atoms with E-state index < -0.39 is 0 Å². The summed E-state index contributed by atoms with van der Waals surface area (Å²) >= 11 is 1.74. The molecule has 0 atom stereocenters. The maximum Gasteiger partial charge on any atom is 0.129 e. The van der Waals surface area contributed by atoms with Crippen LogP contribution in [-0.4, -0.2) is 18.9 Å². The van der Waals surface area contributed by atoms with Crippen LogP contribution in [0.1, 0.15) is 5.56 Å². The lowest BCUT2D eigenvalue weighted by atomic mass is 10.1. The zero-order chi connectivity index (χ0) is 10.3. The summed E-state index contributed by atoms with van der Waals surface area (Å²) in [7, 11) is 0. The molecule has 2 aromatic rings. The molecule has 0 radical (unpaired) electrons. The van der Waals surface area contributed by atoms with Crippen LogP contribution in [0.3, 0.4) is 0 Å². The van der Waals surface area contributed by atoms with Crippen molar-refractivity contribution in [2.75, 3.05) is 18.4 Å². The quantitative estimate of drug-likeness (QED) is 0.709. The van der Waals surface area contributed by atoms with Crippen molar-refractivity contribution in [3.63, 3.8) is 0 Å². The normalized spacial score (nSPS) is 15.3. The Morgan fingerprint density at radius 3 is 3.13 bits per heavy atom. The summed E-state index contributed by atoms with van der Waals surface area (Å²) in [6.45, 7) is 1.61. The molecule has 2 heterocycles. The van der Waals surface area contributed by atoms with Crippen LogP contribution in [0.25, 0.3) is 10.1 Å². The molecule has 1 aliphatic heterocycles. The van der Waals surface area contributed by atoms with E-state index in [-0.39, 0.29) is 0 Å². The summed E-state index contributed by atoms with van der Waals surface area (Å²) in [6.07, 6.45) is 0. The first-order valence-electron chi connectivity index (χ1n) is 4.92. The van der Waals surface area contributed by atoms with Gasteiger partial charge in [-0.25, -0.2) is 0 Å². The Morgan fingerprint density at radius 1 is 1.33 bits per heavy atom. The van der Waals surface area contributed by atoms with Crippen molar-refractivity contribution in [2.24, 2.45) is 10.7 Å². The molecule has 0 fully saturated rings. The van der Waals surface area contributed by atoms with Crippen molar-refractivity contribution in [1.82, 2.24) is 0 Å². The van der Waals surface area contributed by atoms with Gasteiger partial charge in [0.2, 0.25) is 0 Å². The number of amidine groups is 1. The largest absolute Gasteiger partial charge is 0.383 e. The Balaban J connectivity index is 2.36. The Kier molecular flexibility index (Phi) is 1.89. The van der Waals surface area contributed by atoms with E-state index in [0.717, 1.165) is 23.7 Å². The lowest BCUT2D eigenvalue weighted by Crippen LogP contribution is -2.12. The first kappa shape index (κ1) is 8.73. The number of aliphatic imine (C=N–C) groups is 1. The highest BCUT2D eigenvalue weighted by Crippen LogP contribution is 2.35. The van der Waals surface area contributed by atoms with Crippen LogP contribution in [-0.2, 0) is 0 Å². The standard InChI is InChI=1S/C11H11N3S/c12-10-9-7-3-1-2-4-8(7)15-11(9)14-6-5-13-10/h1-4,14H,5-6H2,(H2,12,13). The molecule has 76 valence electrons. The second kappa shape index (κ2) is 3.24. The maximum absolute atomic E-state index is 5.97. The molecule has 1 aromatic carbocycles. The van der Waals surface area contributed by atoms with Gasteiger partial charge in [0, 0.05) is 16.6 Å². The number of anilines is 1.